The number of carbonyl (C=O) groups excluding carboxylic acids is 3. The molecule has 7 nitrogen and oxygen atoms in total. The highest BCUT2D eigenvalue weighted by atomic mass is 19.4. The number of carbonyl (C=O) groups is 3. The van der Waals surface area contributed by atoms with E-state index < -0.39 is 65.3 Å². The number of halogens is 12. The third-order valence-electron chi connectivity index (χ3n) is 4.08. The van der Waals surface area contributed by atoms with Crippen molar-refractivity contribution in [3.05, 3.63) is 0 Å². The monoisotopic (exact) mass is 529 g/mol. The maximum absolute atomic E-state index is 13.7. The van der Waals surface area contributed by atoms with Crippen LogP contribution in [0.5, 0.6) is 0 Å². The van der Waals surface area contributed by atoms with Gasteiger partial charge in [-0.25, -0.2) is 4.99 Å². The van der Waals surface area contributed by atoms with Gasteiger partial charge in [-0.2, -0.15) is 52.7 Å². The molecule has 0 aromatic heterocycles. The van der Waals surface area contributed by atoms with Crippen LogP contribution in [0.2, 0.25) is 0 Å². The second kappa shape index (κ2) is 9.47. The summed E-state index contributed by atoms with van der Waals surface area (Å²) in [5.74, 6) is -11.0. The van der Waals surface area contributed by atoms with Gasteiger partial charge in [-0.15, -0.1) is 0 Å². The molecule has 0 bridgehead atoms. The van der Waals surface area contributed by atoms with Crippen molar-refractivity contribution in [2.45, 2.75) is 56.7 Å². The largest absolute Gasteiger partial charge is 0.468 e. The van der Waals surface area contributed by atoms with E-state index >= 15 is 0 Å². The molecule has 0 unspecified atom stereocenters. The number of rotatable bonds is 6. The summed E-state index contributed by atoms with van der Waals surface area (Å²) < 4.78 is 167. The van der Waals surface area contributed by atoms with E-state index in [2.05, 4.69) is 4.74 Å². The van der Waals surface area contributed by atoms with Crippen molar-refractivity contribution < 1.29 is 71.8 Å². The first-order valence-electron chi connectivity index (χ1n) is 8.31. The fourth-order valence-electron chi connectivity index (χ4n) is 2.80. The highest BCUT2D eigenvalue weighted by Gasteiger charge is 2.78. The number of hydrogen-bond acceptors (Lipinski definition) is 5. The van der Waals surface area contributed by atoms with Crippen LogP contribution < -0.4 is 10.6 Å². The number of amides is 2. The summed E-state index contributed by atoms with van der Waals surface area (Å²) in [6.07, 6.45) is -26.9. The molecule has 0 saturated heterocycles. The van der Waals surface area contributed by atoms with Gasteiger partial charge in [-0.3, -0.25) is 14.4 Å². The Balaban J connectivity index is 7.79. The number of alkyl halides is 12. The minimum Gasteiger partial charge on any atom is -0.468 e. The van der Waals surface area contributed by atoms with Crippen LogP contribution in [0.25, 0.3) is 0 Å². The van der Waals surface area contributed by atoms with Gasteiger partial charge in [0.1, 0.15) is 5.92 Å². The molecule has 0 spiro atoms. The number of methoxy groups -OCH3 is 1. The number of aliphatic imine (C=N–C) groups is 1. The maximum Gasteiger partial charge on any atom is 0.441 e. The topological polar surface area (TPSA) is 96.9 Å². The van der Waals surface area contributed by atoms with Crippen LogP contribution in [0.1, 0.15) is 20.8 Å². The third kappa shape index (κ3) is 5.65. The first-order valence-corrected chi connectivity index (χ1v) is 8.31. The van der Waals surface area contributed by atoms with Crippen molar-refractivity contribution in [1.29, 1.82) is 0 Å². The molecule has 0 aromatic carbocycles. The number of nitrogens with zero attached hydrogens (tertiary/aromatic N) is 1. The summed E-state index contributed by atoms with van der Waals surface area (Å²) in [6.45, 7) is 0.00561. The molecular formula is C15H15F12N3O4. The van der Waals surface area contributed by atoms with E-state index in [1.807, 2.05) is 4.99 Å². The summed E-state index contributed by atoms with van der Waals surface area (Å²) in [4.78, 5) is 36.2. The lowest BCUT2D eigenvalue weighted by molar-refractivity contribution is -0.314. The zero-order chi connectivity index (χ0) is 27.7. The van der Waals surface area contributed by atoms with Gasteiger partial charge in [0.25, 0.3) is 5.54 Å². The van der Waals surface area contributed by atoms with Gasteiger partial charge in [0.05, 0.1) is 7.11 Å². The average molecular weight is 529 g/mol. The minimum absolute atomic E-state index is 0.0973. The Hall–Kier alpha value is -2.76. The van der Waals surface area contributed by atoms with Crippen molar-refractivity contribution in [2.75, 3.05) is 7.11 Å². The van der Waals surface area contributed by atoms with Gasteiger partial charge in [-0.05, 0) is 6.92 Å². The van der Waals surface area contributed by atoms with Crippen LogP contribution in [-0.4, -0.2) is 66.5 Å². The van der Waals surface area contributed by atoms with E-state index in [9.17, 15) is 67.1 Å². The molecule has 34 heavy (non-hydrogen) atoms. The van der Waals surface area contributed by atoms with Gasteiger partial charge in [0, 0.05) is 19.6 Å². The molecule has 0 aliphatic rings. The van der Waals surface area contributed by atoms with Crippen molar-refractivity contribution in [3.63, 3.8) is 0 Å². The number of hydrogen-bond donors (Lipinski definition) is 2. The molecule has 0 heterocycles. The summed E-state index contributed by atoms with van der Waals surface area (Å²) in [5.41, 5.74) is -14.0. The van der Waals surface area contributed by atoms with Crippen LogP contribution >= 0.6 is 0 Å². The van der Waals surface area contributed by atoms with Gasteiger partial charge < -0.3 is 15.4 Å². The lowest BCUT2D eigenvalue weighted by Gasteiger charge is -2.42. The van der Waals surface area contributed by atoms with Crippen LogP contribution in [-0.2, 0) is 19.1 Å². The van der Waals surface area contributed by atoms with Crippen molar-refractivity contribution in [2.24, 2.45) is 10.9 Å². The molecular weight excluding hydrogens is 514 g/mol. The number of ether oxygens (including phenoxy) is 1. The smallest absolute Gasteiger partial charge is 0.441 e. The lowest BCUT2D eigenvalue weighted by Crippen LogP contribution is -2.74. The highest BCUT2D eigenvalue weighted by molar-refractivity contribution is 6.03. The minimum atomic E-state index is -6.75. The van der Waals surface area contributed by atoms with Gasteiger partial charge >= 0.3 is 36.3 Å². The zero-order valence-corrected chi connectivity index (χ0v) is 17.2. The first-order chi connectivity index (χ1) is 14.8. The van der Waals surface area contributed by atoms with Crippen LogP contribution in [0.4, 0.5) is 52.7 Å². The normalized spacial score (nSPS) is 15.5. The number of nitrogens with one attached hydrogen (secondary N) is 2. The standard InChI is InChI=1S/C15H15F12N3O4/c1-5(28-11(14(22,23)24,15(25,26)27)30-7(3)32)8(9(33)34-4)10(12(16,17)18,13(19,20)21)29-6(2)31/h8H,1-4H3,(H,29,31)(H,30,32)/t8-/m0/s1. The molecule has 0 radical (unpaired) electrons. The molecule has 0 fully saturated rings. The summed E-state index contributed by atoms with van der Waals surface area (Å²) in [7, 11) is 0.169. The molecule has 19 heteroatoms. The summed E-state index contributed by atoms with van der Waals surface area (Å²) >= 11 is 0. The van der Waals surface area contributed by atoms with E-state index in [1.165, 1.54) is 0 Å². The molecule has 0 rings (SSSR count). The second-order valence-electron chi connectivity index (χ2n) is 6.58. The Morgan fingerprint density at radius 3 is 1.26 bits per heavy atom. The van der Waals surface area contributed by atoms with Crippen molar-refractivity contribution in [3.8, 4) is 0 Å². The van der Waals surface area contributed by atoms with Crippen LogP contribution in [0.3, 0.4) is 0 Å². The van der Waals surface area contributed by atoms with E-state index in [0.717, 1.165) is 0 Å². The average Bonchev–Trinajstić information content (AvgIpc) is 2.55. The van der Waals surface area contributed by atoms with Gasteiger partial charge in [-0.1, -0.05) is 0 Å². The van der Waals surface area contributed by atoms with Crippen LogP contribution in [0.15, 0.2) is 4.99 Å². The highest BCUT2D eigenvalue weighted by Crippen LogP contribution is 2.50. The fraction of sp³-hybridized carbons (Fsp3) is 0.733. The second-order valence-corrected chi connectivity index (χ2v) is 6.58. The fourth-order valence-corrected chi connectivity index (χ4v) is 2.80. The zero-order valence-electron chi connectivity index (χ0n) is 17.2. The van der Waals surface area contributed by atoms with Gasteiger partial charge in [0.2, 0.25) is 11.8 Å². The molecule has 0 aliphatic heterocycles. The molecule has 0 aromatic rings. The molecule has 2 amide bonds. The van der Waals surface area contributed by atoms with Crippen molar-refractivity contribution >= 4 is 23.5 Å². The Morgan fingerprint density at radius 1 is 0.676 bits per heavy atom. The molecule has 1 atom stereocenters. The Bertz CT molecular complexity index is 798. The SMILES string of the molecule is COC(=O)[C@H](C(C)=NC(NC(C)=O)(C(F)(F)F)C(F)(F)F)C(NC(C)=O)(C(F)(F)F)C(F)(F)F. The Kier molecular flexibility index (Phi) is 8.70. The number of esters is 1. The summed E-state index contributed by atoms with van der Waals surface area (Å²) in [5, 5.41) is 0.660. The Morgan fingerprint density at radius 2 is 1.03 bits per heavy atom. The first kappa shape index (κ1) is 31.2. The van der Waals surface area contributed by atoms with E-state index in [1.54, 1.807) is 0 Å². The van der Waals surface area contributed by atoms with E-state index in [4.69, 9.17) is 0 Å². The predicted octanol–water partition coefficient (Wildman–Crippen LogP) is 3.19. The van der Waals surface area contributed by atoms with E-state index in [0.29, 0.717) is 10.6 Å². The quantitative estimate of drug-likeness (QED) is 0.314. The van der Waals surface area contributed by atoms with Crippen molar-refractivity contribution in [1.82, 2.24) is 10.6 Å². The molecule has 2 N–H and O–H groups in total. The third-order valence-corrected chi connectivity index (χ3v) is 4.08. The molecule has 0 saturated carbocycles. The lowest BCUT2D eigenvalue weighted by atomic mass is 9.78. The molecule has 198 valence electrons. The van der Waals surface area contributed by atoms with Gasteiger partial charge in [0.15, 0.2) is 0 Å². The Labute approximate surface area is 181 Å². The summed E-state index contributed by atoms with van der Waals surface area (Å²) in [6, 6.07) is 0. The molecule has 0 aliphatic carbocycles. The maximum atomic E-state index is 13.7. The van der Waals surface area contributed by atoms with Crippen LogP contribution in [0, 0.1) is 5.92 Å². The van der Waals surface area contributed by atoms with E-state index in [-0.39, 0.29) is 27.9 Å². The predicted molar refractivity (Wildman–Crippen MR) is 85.9 cm³/mol.